The van der Waals surface area contributed by atoms with Crippen LogP contribution in [0.4, 0.5) is 5.69 Å². The number of methoxy groups -OCH3 is 1. The van der Waals surface area contributed by atoms with Gasteiger partial charge in [-0.25, -0.2) is 0 Å². The van der Waals surface area contributed by atoms with Crippen molar-refractivity contribution in [2.24, 2.45) is 5.73 Å². The quantitative estimate of drug-likeness (QED) is 0.848. The van der Waals surface area contributed by atoms with E-state index in [1.807, 2.05) is 0 Å². The summed E-state index contributed by atoms with van der Waals surface area (Å²) in [5.41, 5.74) is 7.99. The van der Waals surface area contributed by atoms with Crippen LogP contribution in [0.5, 0.6) is 5.75 Å². The van der Waals surface area contributed by atoms with Crippen molar-refractivity contribution in [1.82, 2.24) is 0 Å². The molecule has 3 nitrogen and oxygen atoms in total. The summed E-state index contributed by atoms with van der Waals surface area (Å²) in [7, 11) is 1.70. The van der Waals surface area contributed by atoms with E-state index in [0.717, 1.165) is 24.4 Å². The van der Waals surface area contributed by atoms with Crippen molar-refractivity contribution >= 4 is 5.69 Å². The fourth-order valence-electron chi connectivity index (χ4n) is 2.25. The van der Waals surface area contributed by atoms with Gasteiger partial charge in [-0.3, -0.25) is 0 Å². The molecule has 1 aliphatic heterocycles. The number of rotatable bonds is 3. The first kappa shape index (κ1) is 11.3. The maximum Gasteiger partial charge on any atom is 0.125 e. The predicted octanol–water partition coefficient (Wildman–Crippen LogP) is 2.14. The molecule has 16 heavy (non-hydrogen) atoms. The average Bonchev–Trinajstić information content (AvgIpc) is 2.39. The third-order valence-corrected chi connectivity index (χ3v) is 3.21. The Bertz CT molecular complexity index is 346. The summed E-state index contributed by atoms with van der Waals surface area (Å²) in [5, 5.41) is 0. The topological polar surface area (TPSA) is 38.5 Å². The molecule has 2 rings (SSSR count). The Hall–Kier alpha value is -1.22. The smallest absolute Gasteiger partial charge is 0.125 e. The molecule has 0 spiro atoms. The van der Waals surface area contributed by atoms with E-state index < -0.39 is 0 Å². The van der Waals surface area contributed by atoms with Crippen LogP contribution in [0.1, 0.15) is 24.8 Å². The Balaban J connectivity index is 2.20. The molecule has 0 atom stereocenters. The number of nitrogens with zero attached hydrogens (tertiary/aromatic N) is 1. The van der Waals surface area contributed by atoms with Crippen LogP contribution in [0.2, 0.25) is 0 Å². The van der Waals surface area contributed by atoms with Gasteiger partial charge in [0.15, 0.2) is 0 Å². The highest BCUT2D eigenvalue weighted by Gasteiger charge is 2.12. The number of nitrogens with two attached hydrogens (primary N) is 1. The maximum absolute atomic E-state index is 5.66. The van der Waals surface area contributed by atoms with Crippen LogP contribution in [-0.2, 0) is 6.54 Å². The van der Waals surface area contributed by atoms with Crippen molar-refractivity contribution in [3.05, 3.63) is 23.8 Å². The van der Waals surface area contributed by atoms with Gasteiger partial charge in [-0.1, -0.05) is 6.07 Å². The highest BCUT2D eigenvalue weighted by atomic mass is 16.5. The predicted molar refractivity (Wildman–Crippen MR) is 66.9 cm³/mol. The third kappa shape index (κ3) is 2.30. The molecule has 1 fully saturated rings. The van der Waals surface area contributed by atoms with Crippen LogP contribution >= 0.6 is 0 Å². The summed E-state index contributed by atoms with van der Waals surface area (Å²) in [4.78, 5) is 2.42. The first-order valence-electron chi connectivity index (χ1n) is 5.97. The monoisotopic (exact) mass is 220 g/mol. The van der Waals surface area contributed by atoms with Crippen molar-refractivity contribution in [3.63, 3.8) is 0 Å². The molecule has 0 aromatic heterocycles. The van der Waals surface area contributed by atoms with Crippen LogP contribution in [-0.4, -0.2) is 20.2 Å². The standard InChI is InChI=1S/C13H20N2O/c1-16-13-9-12(6-5-11(13)10-14)15-7-3-2-4-8-15/h5-6,9H,2-4,7-8,10,14H2,1H3. The summed E-state index contributed by atoms with van der Waals surface area (Å²) in [6, 6.07) is 6.33. The van der Waals surface area contributed by atoms with Gasteiger partial charge in [-0.2, -0.15) is 0 Å². The number of piperidine rings is 1. The average molecular weight is 220 g/mol. The van der Waals surface area contributed by atoms with Crippen molar-refractivity contribution in [2.45, 2.75) is 25.8 Å². The maximum atomic E-state index is 5.66. The molecule has 1 aliphatic rings. The molecule has 0 saturated carbocycles. The van der Waals surface area contributed by atoms with E-state index in [1.54, 1.807) is 7.11 Å². The number of anilines is 1. The number of hydrogen-bond donors (Lipinski definition) is 1. The Kier molecular flexibility index (Phi) is 3.67. The molecule has 3 heteroatoms. The Labute approximate surface area is 97.2 Å². The van der Waals surface area contributed by atoms with Gasteiger partial charge in [0.2, 0.25) is 0 Å². The summed E-state index contributed by atoms with van der Waals surface area (Å²) in [6.07, 6.45) is 3.94. The van der Waals surface area contributed by atoms with Gasteiger partial charge in [0.25, 0.3) is 0 Å². The summed E-state index contributed by atoms with van der Waals surface area (Å²) in [6.45, 7) is 2.85. The zero-order chi connectivity index (χ0) is 11.4. The molecule has 88 valence electrons. The van der Waals surface area contributed by atoms with Crippen LogP contribution in [0.3, 0.4) is 0 Å². The van der Waals surface area contributed by atoms with Gasteiger partial charge < -0.3 is 15.4 Å². The van der Waals surface area contributed by atoms with Crippen LogP contribution in [0.25, 0.3) is 0 Å². The van der Waals surface area contributed by atoms with E-state index >= 15 is 0 Å². The molecule has 1 heterocycles. The van der Waals surface area contributed by atoms with Gasteiger partial charge >= 0.3 is 0 Å². The minimum atomic E-state index is 0.531. The summed E-state index contributed by atoms with van der Waals surface area (Å²) < 4.78 is 5.36. The Morgan fingerprint density at radius 3 is 2.62 bits per heavy atom. The number of benzene rings is 1. The van der Waals surface area contributed by atoms with Crippen molar-refractivity contribution in [2.75, 3.05) is 25.1 Å². The van der Waals surface area contributed by atoms with Gasteiger partial charge in [-0.15, -0.1) is 0 Å². The Morgan fingerprint density at radius 1 is 1.25 bits per heavy atom. The van der Waals surface area contributed by atoms with E-state index in [4.69, 9.17) is 10.5 Å². The highest BCUT2D eigenvalue weighted by molar-refractivity contribution is 5.54. The molecule has 1 saturated heterocycles. The molecule has 0 amide bonds. The molecular weight excluding hydrogens is 200 g/mol. The van der Waals surface area contributed by atoms with E-state index in [2.05, 4.69) is 23.1 Å². The second-order valence-corrected chi connectivity index (χ2v) is 4.25. The van der Waals surface area contributed by atoms with E-state index in [1.165, 1.54) is 24.9 Å². The number of hydrogen-bond acceptors (Lipinski definition) is 3. The lowest BCUT2D eigenvalue weighted by Crippen LogP contribution is -2.29. The minimum Gasteiger partial charge on any atom is -0.496 e. The van der Waals surface area contributed by atoms with E-state index in [0.29, 0.717) is 6.54 Å². The fourth-order valence-corrected chi connectivity index (χ4v) is 2.25. The molecule has 2 N–H and O–H groups in total. The molecule has 1 aromatic rings. The molecule has 0 unspecified atom stereocenters. The SMILES string of the molecule is COc1cc(N2CCCCC2)ccc1CN. The molecule has 0 bridgehead atoms. The van der Waals surface area contributed by atoms with Crippen LogP contribution < -0.4 is 15.4 Å². The van der Waals surface area contributed by atoms with Crippen LogP contribution in [0.15, 0.2) is 18.2 Å². The molecular formula is C13H20N2O. The van der Waals surface area contributed by atoms with Crippen molar-refractivity contribution in [3.8, 4) is 5.75 Å². The fraction of sp³-hybridized carbons (Fsp3) is 0.538. The van der Waals surface area contributed by atoms with Crippen LogP contribution in [0, 0.1) is 0 Å². The highest BCUT2D eigenvalue weighted by Crippen LogP contribution is 2.27. The second-order valence-electron chi connectivity index (χ2n) is 4.25. The van der Waals surface area contributed by atoms with Crippen molar-refractivity contribution in [1.29, 1.82) is 0 Å². The first-order chi connectivity index (χ1) is 7.85. The van der Waals surface area contributed by atoms with E-state index in [-0.39, 0.29) is 0 Å². The third-order valence-electron chi connectivity index (χ3n) is 3.21. The second kappa shape index (κ2) is 5.21. The first-order valence-corrected chi connectivity index (χ1v) is 5.97. The van der Waals surface area contributed by atoms with Gasteiger partial charge in [0.1, 0.15) is 5.75 Å². The largest absolute Gasteiger partial charge is 0.496 e. The summed E-state index contributed by atoms with van der Waals surface area (Å²) in [5.74, 6) is 0.908. The van der Waals surface area contributed by atoms with E-state index in [9.17, 15) is 0 Å². The zero-order valence-electron chi connectivity index (χ0n) is 9.91. The number of ether oxygens (including phenoxy) is 1. The lowest BCUT2D eigenvalue weighted by Gasteiger charge is -2.29. The lowest BCUT2D eigenvalue weighted by atomic mass is 10.1. The van der Waals surface area contributed by atoms with Gasteiger partial charge in [0, 0.05) is 37.0 Å². The molecule has 0 radical (unpaired) electrons. The normalized spacial score (nSPS) is 16.2. The van der Waals surface area contributed by atoms with Gasteiger partial charge in [0.05, 0.1) is 7.11 Å². The lowest BCUT2D eigenvalue weighted by molar-refractivity contribution is 0.409. The zero-order valence-corrected chi connectivity index (χ0v) is 9.91. The minimum absolute atomic E-state index is 0.531. The van der Waals surface area contributed by atoms with Gasteiger partial charge in [-0.05, 0) is 25.3 Å². The van der Waals surface area contributed by atoms with Crippen molar-refractivity contribution < 1.29 is 4.74 Å². The molecule has 1 aromatic carbocycles. The molecule has 0 aliphatic carbocycles. The summed E-state index contributed by atoms with van der Waals surface area (Å²) >= 11 is 0. The Morgan fingerprint density at radius 2 is 2.00 bits per heavy atom.